The number of anilines is 1. The minimum Gasteiger partial charge on any atom is -0.397 e. The number of nitrogens with two attached hydrogens (primary N) is 1. The third-order valence-electron chi connectivity index (χ3n) is 4.70. The Morgan fingerprint density at radius 2 is 1.72 bits per heavy atom. The van der Waals surface area contributed by atoms with E-state index in [1.54, 1.807) is 0 Å². The third-order valence-corrected chi connectivity index (χ3v) is 4.70. The molecule has 0 radical (unpaired) electrons. The van der Waals surface area contributed by atoms with Crippen molar-refractivity contribution >= 4 is 16.5 Å². The van der Waals surface area contributed by atoms with Crippen LogP contribution in [0.15, 0.2) is 24.3 Å². The largest absolute Gasteiger partial charge is 0.397 e. The van der Waals surface area contributed by atoms with E-state index in [0.29, 0.717) is 17.5 Å². The molecule has 2 nitrogen and oxygen atoms in total. The predicted octanol–water partition coefficient (Wildman–Crippen LogP) is 3.66. The quantitative estimate of drug-likeness (QED) is 0.707. The zero-order valence-corrected chi connectivity index (χ0v) is 10.1. The van der Waals surface area contributed by atoms with Crippen molar-refractivity contribution in [2.45, 2.75) is 31.1 Å². The Morgan fingerprint density at radius 3 is 2.44 bits per heavy atom. The summed E-state index contributed by atoms with van der Waals surface area (Å²) < 4.78 is 0. The van der Waals surface area contributed by atoms with Gasteiger partial charge >= 0.3 is 0 Å². The summed E-state index contributed by atoms with van der Waals surface area (Å²) in [6.45, 7) is 0. The van der Waals surface area contributed by atoms with Gasteiger partial charge in [-0.05, 0) is 47.6 Å². The molecule has 0 aromatic heterocycles. The molecule has 1 saturated carbocycles. The first-order valence-corrected chi connectivity index (χ1v) is 6.55. The van der Waals surface area contributed by atoms with Crippen molar-refractivity contribution in [3.05, 3.63) is 41.0 Å². The van der Waals surface area contributed by atoms with Crippen LogP contribution < -0.4 is 5.73 Å². The fourth-order valence-electron chi connectivity index (χ4n) is 4.00. The van der Waals surface area contributed by atoms with Gasteiger partial charge in [0.1, 0.15) is 6.07 Å². The molecule has 0 amide bonds. The van der Waals surface area contributed by atoms with Crippen molar-refractivity contribution < 1.29 is 0 Å². The number of rotatable bonds is 0. The van der Waals surface area contributed by atoms with Crippen molar-refractivity contribution in [1.29, 1.82) is 5.26 Å². The third kappa shape index (κ3) is 1.03. The normalized spacial score (nSPS) is 24.2. The smallest absolute Gasteiger partial charge is 0.102 e. The predicted molar refractivity (Wildman–Crippen MR) is 72.4 cm³/mol. The van der Waals surface area contributed by atoms with Crippen molar-refractivity contribution in [3.63, 3.8) is 0 Å². The molecule has 0 spiro atoms. The highest BCUT2D eigenvalue weighted by molar-refractivity contribution is 6.00. The monoisotopic (exact) mass is 234 g/mol. The Morgan fingerprint density at radius 1 is 1.06 bits per heavy atom. The van der Waals surface area contributed by atoms with Crippen LogP contribution in [-0.2, 0) is 0 Å². The van der Waals surface area contributed by atoms with Crippen LogP contribution in [0.4, 0.5) is 5.69 Å². The topological polar surface area (TPSA) is 49.8 Å². The standard InChI is InChI=1S/C16H14N2/c17-8-13-15-10-6-5-9(7-10)14(15)11-3-1-2-4-12(11)16(13)18/h1-4,9-10H,5-7,18H2/t9-,10?/m1/s1. The molecule has 0 aliphatic heterocycles. The summed E-state index contributed by atoms with van der Waals surface area (Å²) in [5.41, 5.74) is 10.3. The van der Waals surface area contributed by atoms with Crippen LogP contribution in [0.5, 0.6) is 0 Å². The molecule has 2 bridgehead atoms. The second-order valence-corrected chi connectivity index (χ2v) is 5.48. The van der Waals surface area contributed by atoms with Gasteiger partial charge in [-0.2, -0.15) is 5.26 Å². The van der Waals surface area contributed by atoms with Crippen LogP contribution in [0, 0.1) is 11.3 Å². The summed E-state index contributed by atoms with van der Waals surface area (Å²) in [6.07, 6.45) is 3.72. The molecule has 88 valence electrons. The van der Waals surface area contributed by atoms with Crippen LogP contribution in [0.1, 0.15) is 47.8 Å². The summed E-state index contributed by atoms with van der Waals surface area (Å²) >= 11 is 0. The first kappa shape index (κ1) is 9.96. The van der Waals surface area contributed by atoms with Crippen molar-refractivity contribution in [1.82, 2.24) is 0 Å². The van der Waals surface area contributed by atoms with E-state index in [1.807, 2.05) is 12.1 Å². The Bertz CT molecular complexity index is 709. The highest BCUT2D eigenvalue weighted by atomic mass is 14.6. The SMILES string of the molecule is N#Cc1c2c(c3ccccc3c1N)[C@@H]1CCC2C1. The number of nitriles is 1. The maximum absolute atomic E-state index is 9.44. The van der Waals surface area contributed by atoms with Crippen LogP contribution in [0.2, 0.25) is 0 Å². The van der Waals surface area contributed by atoms with Crippen LogP contribution in [-0.4, -0.2) is 0 Å². The lowest BCUT2D eigenvalue weighted by atomic mass is 9.84. The van der Waals surface area contributed by atoms with Gasteiger partial charge in [0.05, 0.1) is 11.3 Å². The molecule has 2 aliphatic rings. The maximum Gasteiger partial charge on any atom is 0.102 e. The van der Waals surface area contributed by atoms with E-state index in [9.17, 15) is 5.26 Å². The van der Waals surface area contributed by atoms with E-state index >= 15 is 0 Å². The number of hydrogen-bond donors (Lipinski definition) is 1. The highest BCUT2D eigenvalue weighted by Crippen LogP contribution is 2.57. The van der Waals surface area contributed by atoms with E-state index in [1.165, 1.54) is 35.8 Å². The molecule has 2 aliphatic carbocycles. The van der Waals surface area contributed by atoms with E-state index in [2.05, 4.69) is 18.2 Å². The summed E-state index contributed by atoms with van der Waals surface area (Å²) in [7, 11) is 0. The van der Waals surface area contributed by atoms with Gasteiger partial charge in [-0.15, -0.1) is 0 Å². The second kappa shape index (κ2) is 3.26. The maximum atomic E-state index is 9.44. The summed E-state index contributed by atoms with van der Waals surface area (Å²) in [4.78, 5) is 0. The summed E-state index contributed by atoms with van der Waals surface area (Å²) in [5.74, 6) is 1.23. The Balaban J connectivity index is 2.22. The fraction of sp³-hybridized carbons (Fsp3) is 0.312. The van der Waals surface area contributed by atoms with Gasteiger partial charge in [0.2, 0.25) is 0 Å². The molecule has 2 heteroatoms. The molecule has 18 heavy (non-hydrogen) atoms. The van der Waals surface area contributed by atoms with Gasteiger partial charge in [0, 0.05) is 5.39 Å². The van der Waals surface area contributed by atoms with Crippen LogP contribution in [0.3, 0.4) is 0 Å². The average molecular weight is 234 g/mol. The van der Waals surface area contributed by atoms with E-state index in [0.717, 1.165) is 10.9 Å². The van der Waals surface area contributed by atoms with Gasteiger partial charge in [0.15, 0.2) is 0 Å². The second-order valence-electron chi connectivity index (χ2n) is 5.48. The minimum atomic E-state index is 0.576. The molecular formula is C16H14N2. The zero-order valence-electron chi connectivity index (χ0n) is 10.1. The lowest BCUT2D eigenvalue weighted by Crippen LogP contribution is -2.05. The zero-order chi connectivity index (χ0) is 12.3. The Hall–Kier alpha value is -2.01. The van der Waals surface area contributed by atoms with Crippen molar-refractivity contribution in [3.8, 4) is 6.07 Å². The lowest BCUT2D eigenvalue weighted by Gasteiger charge is -2.20. The Labute approximate surface area is 106 Å². The van der Waals surface area contributed by atoms with Gasteiger partial charge in [-0.3, -0.25) is 0 Å². The number of hydrogen-bond acceptors (Lipinski definition) is 2. The Kier molecular flexibility index (Phi) is 1.81. The van der Waals surface area contributed by atoms with Gasteiger partial charge in [-0.25, -0.2) is 0 Å². The van der Waals surface area contributed by atoms with E-state index < -0.39 is 0 Å². The molecule has 2 aromatic carbocycles. The molecule has 4 rings (SSSR count). The molecule has 1 unspecified atom stereocenters. The number of nitrogen functional groups attached to an aromatic ring is 1. The molecule has 0 heterocycles. The summed E-state index contributed by atoms with van der Waals surface area (Å²) in [5, 5.41) is 11.8. The van der Waals surface area contributed by atoms with Gasteiger partial charge < -0.3 is 5.73 Å². The average Bonchev–Trinajstić information content (AvgIpc) is 3.01. The highest BCUT2D eigenvalue weighted by Gasteiger charge is 2.40. The molecular weight excluding hydrogens is 220 g/mol. The first-order chi connectivity index (χ1) is 8.81. The minimum absolute atomic E-state index is 0.576. The fourth-order valence-corrected chi connectivity index (χ4v) is 4.00. The van der Waals surface area contributed by atoms with E-state index in [-0.39, 0.29) is 0 Å². The molecule has 2 aromatic rings. The molecule has 2 atom stereocenters. The molecule has 1 fully saturated rings. The van der Waals surface area contributed by atoms with Crippen molar-refractivity contribution in [2.24, 2.45) is 0 Å². The lowest BCUT2D eigenvalue weighted by molar-refractivity contribution is 0.720. The summed E-state index contributed by atoms with van der Waals surface area (Å²) in [6, 6.07) is 10.6. The number of nitrogens with zero attached hydrogens (tertiary/aromatic N) is 1. The van der Waals surface area contributed by atoms with Gasteiger partial charge in [0.25, 0.3) is 0 Å². The molecule has 2 N–H and O–H groups in total. The van der Waals surface area contributed by atoms with E-state index in [4.69, 9.17) is 5.73 Å². The number of fused-ring (bicyclic) bond motifs is 7. The molecule has 0 saturated heterocycles. The van der Waals surface area contributed by atoms with Gasteiger partial charge in [-0.1, -0.05) is 24.3 Å². The van der Waals surface area contributed by atoms with Crippen LogP contribution >= 0.6 is 0 Å². The van der Waals surface area contributed by atoms with Crippen LogP contribution in [0.25, 0.3) is 10.8 Å². The van der Waals surface area contributed by atoms with Crippen molar-refractivity contribution in [2.75, 3.05) is 5.73 Å². The number of benzene rings is 2. The first-order valence-electron chi connectivity index (χ1n) is 6.55.